The molecule has 0 radical (unpaired) electrons. The molecule has 0 aromatic heterocycles. The minimum absolute atomic E-state index is 0.0351. The molecule has 0 spiro atoms. The van der Waals surface area contributed by atoms with Gasteiger partial charge in [-0.1, -0.05) is 24.6 Å². The van der Waals surface area contributed by atoms with Crippen molar-refractivity contribution in [2.24, 2.45) is 0 Å². The number of hydrogen-bond acceptors (Lipinski definition) is 4. The number of allylic oxidation sites excluding steroid dienone is 1. The van der Waals surface area contributed by atoms with Crippen molar-refractivity contribution in [3.05, 3.63) is 41.6 Å². The maximum atomic E-state index is 12.3. The zero-order valence-electron chi connectivity index (χ0n) is 16.1. The highest BCUT2D eigenvalue weighted by atomic mass is 16.5. The van der Waals surface area contributed by atoms with E-state index >= 15 is 0 Å². The molecule has 0 fully saturated rings. The summed E-state index contributed by atoms with van der Waals surface area (Å²) in [5.74, 6) is -0.389. The monoisotopic (exact) mass is 373 g/mol. The Morgan fingerprint density at radius 2 is 1.89 bits per heavy atom. The van der Waals surface area contributed by atoms with Gasteiger partial charge in [0, 0.05) is 24.9 Å². The Labute approximate surface area is 159 Å². The van der Waals surface area contributed by atoms with Crippen LogP contribution in [-0.2, 0) is 14.3 Å². The van der Waals surface area contributed by atoms with E-state index < -0.39 is 12.0 Å². The van der Waals surface area contributed by atoms with Gasteiger partial charge in [0.15, 0.2) is 0 Å². The third-order valence-electron chi connectivity index (χ3n) is 4.51. The Hall–Kier alpha value is -2.83. The summed E-state index contributed by atoms with van der Waals surface area (Å²) in [5.41, 5.74) is 1.82. The summed E-state index contributed by atoms with van der Waals surface area (Å²) in [4.78, 5) is 37.9. The van der Waals surface area contributed by atoms with Gasteiger partial charge in [0.1, 0.15) is 0 Å². The van der Waals surface area contributed by atoms with Crippen molar-refractivity contribution in [2.45, 2.75) is 45.6 Å². The van der Waals surface area contributed by atoms with E-state index in [9.17, 15) is 14.4 Å². The second-order valence-corrected chi connectivity index (χ2v) is 6.44. The molecule has 146 valence electrons. The van der Waals surface area contributed by atoms with Crippen LogP contribution in [-0.4, -0.2) is 37.6 Å². The number of urea groups is 1. The number of nitrogens with zero attached hydrogens (tertiary/aromatic N) is 1. The number of nitrogens with one attached hydrogen (secondary N) is 2. The highest BCUT2D eigenvalue weighted by Crippen LogP contribution is 2.20. The van der Waals surface area contributed by atoms with Crippen LogP contribution in [0.1, 0.15) is 39.5 Å². The lowest BCUT2D eigenvalue weighted by molar-refractivity contribution is -0.139. The zero-order chi connectivity index (χ0) is 19.8. The molecule has 0 aliphatic carbocycles. The number of ether oxygens (including phenoxy) is 1. The average molecular weight is 373 g/mol. The van der Waals surface area contributed by atoms with Crippen LogP contribution in [0.5, 0.6) is 0 Å². The molecule has 0 bridgehead atoms. The Morgan fingerprint density at radius 3 is 2.56 bits per heavy atom. The van der Waals surface area contributed by atoms with Crippen LogP contribution >= 0.6 is 0 Å². The average Bonchev–Trinajstić information content (AvgIpc) is 2.64. The van der Waals surface area contributed by atoms with Crippen LogP contribution in [0.2, 0.25) is 0 Å². The summed E-state index contributed by atoms with van der Waals surface area (Å²) in [7, 11) is 1.76. The van der Waals surface area contributed by atoms with Crippen LogP contribution in [0.3, 0.4) is 0 Å². The van der Waals surface area contributed by atoms with E-state index in [1.54, 1.807) is 25.8 Å². The molecular weight excluding hydrogens is 346 g/mol. The lowest BCUT2D eigenvalue weighted by Crippen LogP contribution is -2.49. The Morgan fingerprint density at radius 1 is 1.19 bits per heavy atom. The first-order valence-corrected chi connectivity index (χ1v) is 9.21. The summed E-state index contributed by atoms with van der Waals surface area (Å²) in [6.07, 6.45) is 2.35. The fourth-order valence-corrected chi connectivity index (χ4v) is 3.07. The second-order valence-electron chi connectivity index (χ2n) is 6.44. The summed E-state index contributed by atoms with van der Waals surface area (Å²) in [6.45, 7) is 3.71. The molecular formula is C20H27N3O4. The minimum atomic E-state index is -0.424. The molecule has 1 aliphatic rings. The quantitative estimate of drug-likeness (QED) is 0.542. The lowest BCUT2D eigenvalue weighted by atomic mass is 9.97. The molecule has 1 aromatic rings. The van der Waals surface area contributed by atoms with Gasteiger partial charge < -0.3 is 20.3 Å². The maximum absolute atomic E-state index is 12.3. The molecule has 1 aliphatic heterocycles. The van der Waals surface area contributed by atoms with E-state index in [4.69, 9.17) is 4.74 Å². The number of unbranched alkanes of at least 4 members (excludes halogenated alkanes) is 1. The van der Waals surface area contributed by atoms with Gasteiger partial charge in [-0.25, -0.2) is 9.59 Å². The highest BCUT2D eigenvalue weighted by molar-refractivity contribution is 5.94. The van der Waals surface area contributed by atoms with Crippen LogP contribution in [0, 0.1) is 0 Å². The van der Waals surface area contributed by atoms with E-state index in [1.807, 2.05) is 30.3 Å². The minimum Gasteiger partial charge on any atom is -0.463 e. The smallest absolute Gasteiger partial charge is 0.337 e. The van der Waals surface area contributed by atoms with Crippen molar-refractivity contribution >= 4 is 23.6 Å². The number of rotatable bonds is 8. The van der Waals surface area contributed by atoms with Gasteiger partial charge in [-0.3, -0.25) is 4.79 Å². The number of esters is 1. The van der Waals surface area contributed by atoms with Crippen molar-refractivity contribution in [3.8, 4) is 0 Å². The largest absolute Gasteiger partial charge is 0.463 e. The fourth-order valence-electron chi connectivity index (χ4n) is 3.07. The first-order valence-electron chi connectivity index (χ1n) is 9.21. The molecule has 1 heterocycles. The molecule has 0 saturated carbocycles. The van der Waals surface area contributed by atoms with Crippen molar-refractivity contribution in [2.75, 3.05) is 18.6 Å². The summed E-state index contributed by atoms with van der Waals surface area (Å²) in [5, 5.41) is 5.38. The standard InChI is InChI=1S/C20H27N3O4/c1-4-27-19(25)18-14(2)21-20(26)22-16(18)12-8-9-13-17(24)23(3)15-10-6-5-7-11-15/h5-7,10-11,16H,4,8-9,12-13H2,1-3H3,(H2,21,22,26). The molecule has 7 heteroatoms. The van der Waals surface area contributed by atoms with Crippen molar-refractivity contribution in [3.63, 3.8) is 0 Å². The SMILES string of the molecule is CCOC(=O)C1=C(C)NC(=O)NC1CCCCC(=O)N(C)c1ccccc1. The Balaban J connectivity index is 1.87. The topological polar surface area (TPSA) is 87.7 Å². The number of carbonyl (C=O) groups is 3. The molecule has 1 atom stereocenters. The van der Waals surface area contributed by atoms with E-state index in [0.717, 1.165) is 5.69 Å². The molecule has 27 heavy (non-hydrogen) atoms. The third kappa shape index (κ3) is 5.57. The van der Waals surface area contributed by atoms with Gasteiger partial charge in [0.25, 0.3) is 0 Å². The summed E-state index contributed by atoms with van der Waals surface area (Å²) >= 11 is 0. The van der Waals surface area contributed by atoms with E-state index in [-0.39, 0.29) is 18.5 Å². The number of hydrogen-bond donors (Lipinski definition) is 2. The van der Waals surface area contributed by atoms with Crippen molar-refractivity contribution in [1.29, 1.82) is 0 Å². The zero-order valence-corrected chi connectivity index (χ0v) is 16.1. The second kappa shape index (κ2) is 9.75. The van der Waals surface area contributed by atoms with Crippen LogP contribution < -0.4 is 15.5 Å². The van der Waals surface area contributed by atoms with Gasteiger partial charge in [0.05, 0.1) is 18.2 Å². The molecule has 3 amide bonds. The highest BCUT2D eigenvalue weighted by Gasteiger charge is 2.30. The number of para-hydroxylation sites is 1. The first-order chi connectivity index (χ1) is 12.9. The van der Waals surface area contributed by atoms with Gasteiger partial charge in [-0.15, -0.1) is 0 Å². The Kier molecular flexibility index (Phi) is 7.40. The van der Waals surface area contributed by atoms with Gasteiger partial charge >= 0.3 is 12.0 Å². The van der Waals surface area contributed by atoms with Gasteiger partial charge in [0.2, 0.25) is 5.91 Å². The third-order valence-corrected chi connectivity index (χ3v) is 4.51. The predicted octanol–water partition coefficient (Wildman–Crippen LogP) is 2.73. The van der Waals surface area contributed by atoms with Crippen LogP contribution in [0.15, 0.2) is 41.6 Å². The predicted molar refractivity (Wildman–Crippen MR) is 103 cm³/mol. The number of amides is 3. The van der Waals surface area contributed by atoms with Crippen molar-refractivity contribution < 1.29 is 19.1 Å². The van der Waals surface area contributed by atoms with Gasteiger partial charge in [-0.2, -0.15) is 0 Å². The van der Waals surface area contributed by atoms with E-state index in [0.29, 0.717) is 37.0 Å². The van der Waals surface area contributed by atoms with E-state index in [2.05, 4.69) is 10.6 Å². The van der Waals surface area contributed by atoms with Crippen LogP contribution in [0.25, 0.3) is 0 Å². The Bertz CT molecular complexity index is 715. The number of benzene rings is 1. The first kappa shape index (κ1) is 20.5. The summed E-state index contributed by atoms with van der Waals surface area (Å²) < 4.78 is 5.09. The van der Waals surface area contributed by atoms with E-state index in [1.165, 1.54) is 0 Å². The molecule has 7 nitrogen and oxygen atoms in total. The fraction of sp³-hybridized carbons (Fsp3) is 0.450. The molecule has 1 unspecified atom stereocenters. The van der Waals surface area contributed by atoms with Crippen molar-refractivity contribution in [1.82, 2.24) is 10.6 Å². The molecule has 1 aromatic carbocycles. The number of carbonyl (C=O) groups excluding carboxylic acids is 3. The normalized spacial score (nSPS) is 16.4. The lowest BCUT2D eigenvalue weighted by Gasteiger charge is -2.27. The van der Waals surface area contributed by atoms with Crippen LogP contribution in [0.4, 0.5) is 10.5 Å². The molecule has 2 rings (SSSR count). The molecule has 0 saturated heterocycles. The summed E-state index contributed by atoms with van der Waals surface area (Å²) in [6, 6.07) is 8.74. The molecule has 2 N–H and O–H groups in total. The van der Waals surface area contributed by atoms with Gasteiger partial charge in [-0.05, 0) is 38.8 Å². The maximum Gasteiger partial charge on any atom is 0.337 e. The number of anilines is 1.